The Bertz CT molecular complexity index is 1900. The normalized spacial score (nSPS) is 10.8. The van der Waals surface area contributed by atoms with E-state index in [2.05, 4.69) is 259 Å². The maximum atomic E-state index is 4.48. The van der Waals surface area contributed by atoms with E-state index in [0.29, 0.717) is 0 Å². The summed E-state index contributed by atoms with van der Waals surface area (Å²) in [4.78, 5) is 0. The van der Waals surface area contributed by atoms with E-state index in [0.717, 1.165) is 0 Å². The number of hydrogen-bond donors (Lipinski definition) is 0. The maximum Gasteiger partial charge on any atom is -0.0210 e. The Kier molecular flexibility index (Phi) is 20.3. The first-order valence-electron chi connectivity index (χ1n) is 20.2. The third-order valence-corrected chi connectivity index (χ3v) is 17.7. The number of rotatable bonds is 6. The van der Waals surface area contributed by atoms with Crippen molar-refractivity contribution < 1.29 is 34.4 Å². The van der Waals surface area contributed by atoms with Gasteiger partial charge in [-0.25, -0.2) is 0 Å². The van der Waals surface area contributed by atoms with Gasteiger partial charge in [-0.1, -0.05) is 138 Å². The molecular formula is C54H64Br2P2Pd2. The third-order valence-electron chi connectivity index (χ3n) is 10.9. The van der Waals surface area contributed by atoms with Gasteiger partial charge in [0.2, 0.25) is 0 Å². The molecule has 0 spiro atoms. The number of aryl methyl sites for hydroxylation is 16. The Hall–Kier alpha value is -1.80. The minimum absolute atomic E-state index is 0.671. The van der Waals surface area contributed by atoms with Gasteiger partial charge < -0.3 is 0 Å². The van der Waals surface area contributed by atoms with E-state index in [-0.39, 0.29) is 0 Å². The molecule has 0 heterocycles. The minimum Gasteiger partial charge on any atom is -0.198 e. The Morgan fingerprint density at radius 1 is 0.267 bits per heavy atom. The van der Waals surface area contributed by atoms with E-state index >= 15 is 0 Å². The molecule has 0 aromatic heterocycles. The van der Waals surface area contributed by atoms with E-state index in [1.807, 2.05) is 0 Å². The van der Waals surface area contributed by atoms with Crippen LogP contribution in [0.15, 0.2) is 72.8 Å². The molecule has 0 bridgehead atoms. The van der Waals surface area contributed by atoms with E-state index in [4.69, 9.17) is 0 Å². The van der Waals surface area contributed by atoms with Crippen LogP contribution in [0.2, 0.25) is 0 Å². The van der Waals surface area contributed by atoms with Crippen molar-refractivity contribution in [3.63, 3.8) is 0 Å². The average molecular weight is 1150 g/mol. The van der Waals surface area contributed by atoms with Crippen LogP contribution in [-0.4, -0.2) is 0 Å². The zero-order valence-corrected chi connectivity index (χ0v) is 46.7. The molecule has 0 nitrogen and oxygen atoms in total. The molecule has 60 heavy (non-hydrogen) atoms. The molecule has 0 unspecified atom stereocenters. The van der Waals surface area contributed by atoms with Crippen molar-refractivity contribution in [1.82, 2.24) is 0 Å². The fourth-order valence-corrected chi connectivity index (χ4v) is 15.7. The molecule has 0 radical (unpaired) electrons. The van der Waals surface area contributed by atoms with Crippen LogP contribution in [0, 0.1) is 125 Å². The van der Waals surface area contributed by atoms with Crippen LogP contribution >= 0.6 is 42.7 Å². The molecule has 0 aliphatic heterocycles. The second-order valence-electron chi connectivity index (χ2n) is 16.8. The fraction of sp³-hybridized carbons (Fsp3) is 0.296. The topological polar surface area (TPSA) is 0 Å². The molecule has 6 heteroatoms. The van der Waals surface area contributed by atoms with Crippen molar-refractivity contribution in [3.8, 4) is 0 Å². The molecular weight excluding hydrogens is 1080 g/mol. The van der Waals surface area contributed by atoms with E-state index < -0.39 is 15.8 Å². The Labute approximate surface area is 402 Å². The molecule has 0 aliphatic carbocycles. The quantitative estimate of drug-likeness (QED) is 0.0886. The van der Waals surface area contributed by atoms with Crippen LogP contribution in [0.3, 0.4) is 0 Å². The Morgan fingerprint density at radius 3 is 0.550 bits per heavy atom. The van der Waals surface area contributed by atoms with Crippen molar-refractivity contribution in [1.29, 1.82) is 0 Å². The predicted molar refractivity (Wildman–Crippen MR) is 273 cm³/mol. The summed E-state index contributed by atoms with van der Waals surface area (Å²) in [6, 6.07) is 27.8. The van der Waals surface area contributed by atoms with Gasteiger partial charge in [0.05, 0.1) is 0 Å². The summed E-state index contributed by atoms with van der Waals surface area (Å²) in [5, 5.41) is 8.82. The maximum absolute atomic E-state index is 4.48. The van der Waals surface area contributed by atoms with E-state index in [1.165, 1.54) is 132 Å². The first-order chi connectivity index (χ1) is 28.2. The summed E-state index contributed by atoms with van der Waals surface area (Å²) in [5.41, 5.74) is 24.1. The number of hydrogen-bond acceptors (Lipinski definition) is 0. The molecule has 6 aromatic carbocycles. The van der Waals surface area contributed by atoms with Crippen molar-refractivity contribution >= 4 is 74.5 Å². The predicted octanol–water partition coefficient (Wildman–Crippen LogP) is 13.9. The van der Waals surface area contributed by atoms with Crippen molar-refractivity contribution in [2.45, 2.75) is 111 Å². The zero-order chi connectivity index (χ0) is 45.5. The van der Waals surface area contributed by atoms with Gasteiger partial charge >= 0.3 is 61.2 Å². The summed E-state index contributed by atoms with van der Waals surface area (Å²) in [5.74, 6) is 0. The molecule has 324 valence electrons. The summed E-state index contributed by atoms with van der Waals surface area (Å²) < 4.78 is 0. The van der Waals surface area contributed by atoms with Gasteiger partial charge in [0.1, 0.15) is 0 Å². The van der Waals surface area contributed by atoms with Crippen LogP contribution < -0.4 is 31.8 Å². The molecule has 0 saturated heterocycles. The average Bonchev–Trinajstić information content (AvgIpc) is 3.11. The standard InChI is InChI=1S/2C27H32P.2BrH.2Pd/c2*1-16-10-19(4)25(20(5)11-16)28(26-21(6)12-17(2)13-22(26)7)27-23(8)14-18(3)15-24(27)9;;;;/h2*10-15H,4H2,1-3,5-9H3;2*1H;;/q2*-1;;;2*+2/p-2. The van der Waals surface area contributed by atoms with E-state index in [1.54, 1.807) is 0 Å². The second kappa shape index (κ2) is 23.2. The summed E-state index contributed by atoms with van der Waals surface area (Å²) in [6.07, 6.45) is 0. The number of halogens is 2. The Balaban J connectivity index is 0.000000296. The molecule has 0 aliphatic rings. The smallest absolute Gasteiger partial charge is 0.0210 e. The fourth-order valence-electron chi connectivity index (χ4n) is 9.51. The van der Waals surface area contributed by atoms with Crippen LogP contribution in [0.5, 0.6) is 0 Å². The van der Waals surface area contributed by atoms with Gasteiger partial charge in [0.25, 0.3) is 0 Å². The molecule has 6 rings (SSSR count). The Morgan fingerprint density at radius 2 is 0.400 bits per heavy atom. The second-order valence-corrected chi connectivity index (χ2v) is 20.9. The molecule has 0 saturated carbocycles. The van der Waals surface area contributed by atoms with Gasteiger partial charge in [0.15, 0.2) is 0 Å². The van der Waals surface area contributed by atoms with E-state index in [9.17, 15) is 0 Å². The zero-order valence-electron chi connectivity index (χ0n) is 38.6. The monoisotopic (exact) mass is 1140 g/mol. The molecule has 0 N–H and O–H groups in total. The molecule has 0 atom stereocenters. The molecule has 0 fully saturated rings. The van der Waals surface area contributed by atoms with Crippen molar-refractivity contribution in [2.75, 3.05) is 0 Å². The molecule has 0 amide bonds. The summed E-state index contributed by atoms with van der Waals surface area (Å²) >= 11 is 10.7. The van der Waals surface area contributed by atoms with Crippen LogP contribution in [0.25, 0.3) is 0 Å². The first kappa shape index (κ1) is 52.5. The van der Waals surface area contributed by atoms with Crippen LogP contribution in [-0.2, 0) is 34.4 Å². The van der Waals surface area contributed by atoms with Crippen molar-refractivity contribution in [3.05, 3.63) is 187 Å². The number of benzene rings is 6. The SMILES string of the molecule is [Br][Pd+].[Br][Pd+].[CH2-]c1cc(C)cc(C)c1P(c1c(C)cc(C)cc1C)c1c(C)cc(C)cc1C.[CH2-]c1cc(C)cc(C)c1P(c1c(C)cc(C)cc1C)c1c(C)cc(C)cc1C. The van der Waals surface area contributed by atoms with Gasteiger partial charge in [0, 0.05) is 0 Å². The third kappa shape index (κ3) is 12.3. The van der Waals surface area contributed by atoms with Gasteiger partial charge in [-0.05, 0) is 149 Å². The van der Waals surface area contributed by atoms with Crippen molar-refractivity contribution in [2.24, 2.45) is 0 Å². The van der Waals surface area contributed by atoms with Gasteiger partial charge in [-0.2, -0.15) is 37.1 Å². The van der Waals surface area contributed by atoms with Gasteiger partial charge in [-0.15, -0.1) is 21.7 Å². The van der Waals surface area contributed by atoms with Crippen LogP contribution in [0.4, 0.5) is 0 Å². The molecule has 6 aromatic rings. The first-order valence-corrected chi connectivity index (χ1v) is 30.0. The summed E-state index contributed by atoms with van der Waals surface area (Å²) in [6.45, 7) is 44.8. The largest absolute Gasteiger partial charge is 0.198 e. The van der Waals surface area contributed by atoms with Gasteiger partial charge in [-0.3, -0.25) is 0 Å². The van der Waals surface area contributed by atoms with Crippen LogP contribution in [0.1, 0.15) is 100 Å². The summed E-state index contributed by atoms with van der Waals surface area (Å²) in [7, 11) is -1.34. The minimum atomic E-state index is -0.671.